The van der Waals surface area contributed by atoms with Crippen molar-refractivity contribution in [2.24, 2.45) is 0 Å². The number of amides is 1. The summed E-state index contributed by atoms with van der Waals surface area (Å²) in [6.07, 6.45) is 1.56. The molecule has 0 bridgehead atoms. The van der Waals surface area contributed by atoms with Crippen molar-refractivity contribution in [3.63, 3.8) is 0 Å². The van der Waals surface area contributed by atoms with Gasteiger partial charge < -0.3 is 10.1 Å². The van der Waals surface area contributed by atoms with Gasteiger partial charge in [-0.2, -0.15) is 0 Å². The number of esters is 1. The number of hydrogen-bond acceptors (Lipinski definition) is 4. The second-order valence-electron chi connectivity index (χ2n) is 6.33. The highest BCUT2D eigenvalue weighted by Crippen LogP contribution is 2.14. The summed E-state index contributed by atoms with van der Waals surface area (Å²) in [6, 6.07) is 12.9. The highest BCUT2D eigenvalue weighted by molar-refractivity contribution is 6.00. The SMILES string of the molecule is CCc1ccc(CC)c(C(=O)COC(=O)CNC(=O)c2cccc(C)c2)c1. The highest BCUT2D eigenvalue weighted by atomic mass is 16.5. The molecule has 0 unspecified atom stereocenters. The fourth-order valence-electron chi connectivity index (χ4n) is 2.73. The lowest BCUT2D eigenvalue weighted by molar-refractivity contribution is -0.141. The monoisotopic (exact) mass is 367 g/mol. The van der Waals surface area contributed by atoms with Gasteiger partial charge in [-0.3, -0.25) is 14.4 Å². The number of aryl methyl sites for hydroxylation is 3. The molecule has 0 aliphatic heterocycles. The highest BCUT2D eigenvalue weighted by Gasteiger charge is 2.15. The standard InChI is InChI=1S/C22H25NO4/c1-4-16-9-10-17(5-2)19(12-16)20(24)14-27-21(25)13-23-22(26)18-8-6-7-15(3)11-18/h6-12H,4-5,13-14H2,1-3H3,(H,23,26). The van der Waals surface area contributed by atoms with Gasteiger partial charge in [-0.1, -0.05) is 43.7 Å². The molecule has 0 saturated heterocycles. The van der Waals surface area contributed by atoms with E-state index < -0.39 is 5.97 Å². The van der Waals surface area contributed by atoms with Crippen molar-refractivity contribution in [1.82, 2.24) is 5.32 Å². The van der Waals surface area contributed by atoms with Gasteiger partial charge in [0.1, 0.15) is 6.54 Å². The molecule has 5 nitrogen and oxygen atoms in total. The van der Waals surface area contributed by atoms with Crippen LogP contribution in [0.5, 0.6) is 0 Å². The lowest BCUT2D eigenvalue weighted by atomic mass is 9.98. The Morgan fingerprint density at radius 3 is 2.44 bits per heavy atom. The number of carbonyl (C=O) groups excluding carboxylic acids is 3. The first-order valence-electron chi connectivity index (χ1n) is 9.10. The largest absolute Gasteiger partial charge is 0.456 e. The number of ether oxygens (including phenoxy) is 1. The Bertz CT molecular complexity index is 842. The molecule has 2 rings (SSSR count). The molecule has 142 valence electrons. The molecule has 0 atom stereocenters. The first kappa shape index (κ1) is 20.4. The van der Waals surface area contributed by atoms with Crippen molar-refractivity contribution in [3.8, 4) is 0 Å². The minimum Gasteiger partial charge on any atom is -0.456 e. The zero-order valence-electron chi connectivity index (χ0n) is 16.0. The van der Waals surface area contributed by atoms with E-state index in [1.807, 2.05) is 45.0 Å². The normalized spacial score (nSPS) is 10.3. The third-order valence-corrected chi connectivity index (χ3v) is 4.30. The molecule has 5 heteroatoms. The van der Waals surface area contributed by atoms with Crippen molar-refractivity contribution in [1.29, 1.82) is 0 Å². The number of carbonyl (C=O) groups is 3. The number of Topliss-reactive ketones (excluding diaryl/α,β-unsaturated/α-hetero) is 1. The van der Waals surface area contributed by atoms with E-state index >= 15 is 0 Å². The quantitative estimate of drug-likeness (QED) is 0.574. The second kappa shape index (κ2) is 9.67. The summed E-state index contributed by atoms with van der Waals surface area (Å²) < 4.78 is 5.04. The van der Waals surface area contributed by atoms with Crippen LogP contribution in [0.3, 0.4) is 0 Å². The van der Waals surface area contributed by atoms with E-state index in [1.54, 1.807) is 18.2 Å². The smallest absolute Gasteiger partial charge is 0.325 e. The predicted octanol–water partition coefficient (Wildman–Crippen LogP) is 3.28. The molecule has 1 N–H and O–H groups in total. The topological polar surface area (TPSA) is 72.5 Å². The summed E-state index contributed by atoms with van der Waals surface area (Å²) in [4.78, 5) is 36.3. The average Bonchev–Trinajstić information content (AvgIpc) is 2.69. The maximum atomic E-state index is 12.4. The van der Waals surface area contributed by atoms with Crippen LogP contribution in [0, 0.1) is 6.92 Å². The van der Waals surface area contributed by atoms with E-state index in [0.29, 0.717) is 11.1 Å². The summed E-state index contributed by atoms with van der Waals surface area (Å²) in [5.41, 5.74) is 4.02. The maximum Gasteiger partial charge on any atom is 0.325 e. The fraction of sp³-hybridized carbons (Fsp3) is 0.318. The lowest BCUT2D eigenvalue weighted by Gasteiger charge is -2.10. The van der Waals surface area contributed by atoms with Gasteiger partial charge >= 0.3 is 5.97 Å². The summed E-state index contributed by atoms with van der Waals surface area (Å²) in [5, 5.41) is 2.51. The van der Waals surface area contributed by atoms with E-state index in [2.05, 4.69) is 5.32 Å². The summed E-state index contributed by atoms with van der Waals surface area (Å²) in [5.74, 6) is -1.24. The van der Waals surface area contributed by atoms with Gasteiger partial charge in [0.25, 0.3) is 5.91 Å². The Kier molecular flexibility index (Phi) is 7.29. The van der Waals surface area contributed by atoms with E-state index in [0.717, 1.165) is 29.5 Å². The van der Waals surface area contributed by atoms with Crippen molar-refractivity contribution >= 4 is 17.7 Å². The Morgan fingerprint density at radius 1 is 1.00 bits per heavy atom. The molecule has 0 aromatic heterocycles. The minimum absolute atomic E-state index is 0.236. The number of hydrogen-bond donors (Lipinski definition) is 1. The number of rotatable bonds is 8. The second-order valence-corrected chi connectivity index (χ2v) is 6.33. The molecule has 0 saturated carbocycles. The summed E-state index contributed by atoms with van der Waals surface area (Å²) in [6.45, 7) is 5.26. The number of ketones is 1. The van der Waals surface area contributed by atoms with Gasteiger partial charge in [0.15, 0.2) is 6.61 Å². The molecule has 0 spiro atoms. The van der Waals surface area contributed by atoms with Gasteiger partial charge in [-0.15, -0.1) is 0 Å². The molecule has 0 radical (unpaired) electrons. The van der Waals surface area contributed by atoms with E-state index in [1.165, 1.54) is 0 Å². The van der Waals surface area contributed by atoms with Crippen LogP contribution in [0.15, 0.2) is 42.5 Å². The molecule has 0 fully saturated rings. The first-order chi connectivity index (χ1) is 12.9. The number of nitrogens with one attached hydrogen (secondary N) is 1. The molecule has 27 heavy (non-hydrogen) atoms. The Hall–Kier alpha value is -2.95. The maximum absolute atomic E-state index is 12.4. The molecular weight excluding hydrogens is 342 g/mol. The van der Waals surface area contributed by atoms with Crippen LogP contribution >= 0.6 is 0 Å². The molecule has 2 aromatic rings. The molecule has 2 aromatic carbocycles. The summed E-state index contributed by atoms with van der Waals surface area (Å²) in [7, 11) is 0. The Balaban J connectivity index is 1.88. The van der Waals surface area contributed by atoms with Gasteiger partial charge in [-0.25, -0.2) is 0 Å². The van der Waals surface area contributed by atoms with Gasteiger partial charge in [-0.05, 0) is 49.1 Å². The van der Waals surface area contributed by atoms with Crippen LogP contribution in [0.4, 0.5) is 0 Å². The van der Waals surface area contributed by atoms with E-state index in [9.17, 15) is 14.4 Å². The lowest BCUT2D eigenvalue weighted by Crippen LogP contribution is -2.31. The fourth-order valence-corrected chi connectivity index (χ4v) is 2.73. The van der Waals surface area contributed by atoms with Crippen LogP contribution in [-0.4, -0.2) is 30.8 Å². The predicted molar refractivity (Wildman–Crippen MR) is 104 cm³/mol. The molecule has 0 aliphatic carbocycles. The molecule has 0 aliphatic rings. The zero-order chi connectivity index (χ0) is 19.8. The summed E-state index contributed by atoms with van der Waals surface area (Å²) >= 11 is 0. The third kappa shape index (κ3) is 5.78. The molecule has 0 heterocycles. The van der Waals surface area contributed by atoms with Gasteiger partial charge in [0.2, 0.25) is 5.78 Å². The van der Waals surface area contributed by atoms with Crippen LogP contribution in [0.25, 0.3) is 0 Å². The Labute approximate surface area is 159 Å². The van der Waals surface area contributed by atoms with Crippen LogP contribution in [0.1, 0.15) is 51.3 Å². The molecular formula is C22H25NO4. The third-order valence-electron chi connectivity index (χ3n) is 4.30. The van der Waals surface area contributed by atoms with Crippen LogP contribution in [0.2, 0.25) is 0 Å². The minimum atomic E-state index is -0.644. The van der Waals surface area contributed by atoms with Crippen molar-refractivity contribution in [2.45, 2.75) is 33.6 Å². The van der Waals surface area contributed by atoms with Gasteiger partial charge in [0.05, 0.1) is 0 Å². The van der Waals surface area contributed by atoms with E-state index in [-0.39, 0.29) is 24.8 Å². The first-order valence-corrected chi connectivity index (χ1v) is 9.10. The van der Waals surface area contributed by atoms with Crippen molar-refractivity contribution < 1.29 is 19.1 Å². The zero-order valence-corrected chi connectivity index (χ0v) is 16.0. The number of benzene rings is 2. The van der Waals surface area contributed by atoms with Crippen molar-refractivity contribution in [3.05, 3.63) is 70.3 Å². The molecule has 1 amide bonds. The van der Waals surface area contributed by atoms with Crippen molar-refractivity contribution in [2.75, 3.05) is 13.2 Å². The van der Waals surface area contributed by atoms with Crippen LogP contribution < -0.4 is 5.32 Å². The van der Waals surface area contributed by atoms with Crippen LogP contribution in [-0.2, 0) is 22.4 Å². The van der Waals surface area contributed by atoms with Gasteiger partial charge in [0, 0.05) is 11.1 Å². The van der Waals surface area contributed by atoms with E-state index in [4.69, 9.17) is 4.74 Å². The average molecular weight is 367 g/mol. The Morgan fingerprint density at radius 2 is 1.78 bits per heavy atom.